The van der Waals surface area contributed by atoms with Gasteiger partial charge in [0.15, 0.2) is 10.6 Å². The number of aryl methyl sites for hydroxylation is 1. The van der Waals surface area contributed by atoms with E-state index in [9.17, 15) is 22.0 Å². The Morgan fingerprint density at radius 3 is 2.38 bits per heavy atom. The topological polar surface area (TPSA) is 81.0 Å². The fraction of sp³-hybridized carbons (Fsp3) is 0.333. The molecule has 0 N–H and O–H groups in total. The molecule has 2 heterocycles. The summed E-state index contributed by atoms with van der Waals surface area (Å²) in [4.78, 5) is 16.9. The van der Waals surface area contributed by atoms with E-state index in [-0.39, 0.29) is 46.1 Å². The maximum atomic E-state index is 14.1. The number of aromatic nitrogens is 1. The molecule has 4 rings (SSSR count). The number of sulfonamides is 1. The number of hydrogen-bond acceptors (Lipinski definition) is 5. The van der Waals surface area contributed by atoms with Gasteiger partial charge in [0.2, 0.25) is 10.0 Å². The molecule has 0 aliphatic carbocycles. The molecule has 0 saturated carbocycles. The lowest BCUT2D eigenvalue weighted by Crippen LogP contribution is -2.48. The quantitative estimate of drug-likeness (QED) is 0.576. The fourth-order valence-electron chi connectivity index (χ4n) is 3.70. The molecule has 1 aromatic heterocycles. The van der Waals surface area contributed by atoms with Crippen molar-refractivity contribution in [1.82, 2.24) is 8.87 Å². The molecular formula is C21H21F2N3O4S2. The minimum Gasteiger partial charge on any atom is -0.373 e. The van der Waals surface area contributed by atoms with E-state index >= 15 is 0 Å². The van der Waals surface area contributed by atoms with Crippen LogP contribution >= 0.6 is 11.3 Å². The molecule has 2 unspecified atom stereocenters. The summed E-state index contributed by atoms with van der Waals surface area (Å²) in [7, 11) is -2.20. The highest BCUT2D eigenvalue weighted by Crippen LogP contribution is 2.23. The van der Waals surface area contributed by atoms with Crippen molar-refractivity contribution in [2.75, 3.05) is 13.1 Å². The number of halogens is 2. The molecule has 1 amide bonds. The van der Waals surface area contributed by atoms with Gasteiger partial charge in [0.05, 0.1) is 27.3 Å². The Balaban J connectivity index is 1.62. The highest BCUT2D eigenvalue weighted by molar-refractivity contribution is 7.89. The molecule has 2 aromatic carbocycles. The van der Waals surface area contributed by atoms with Crippen molar-refractivity contribution in [1.29, 1.82) is 0 Å². The highest BCUT2D eigenvalue weighted by atomic mass is 32.2. The summed E-state index contributed by atoms with van der Waals surface area (Å²) in [6.45, 7) is 4.13. The predicted octanol–water partition coefficient (Wildman–Crippen LogP) is 3.06. The number of benzene rings is 2. The Bertz CT molecular complexity index is 1350. The van der Waals surface area contributed by atoms with Crippen LogP contribution in [-0.2, 0) is 21.8 Å². The first-order chi connectivity index (χ1) is 15.1. The molecule has 0 bridgehead atoms. The summed E-state index contributed by atoms with van der Waals surface area (Å²) in [6.07, 6.45) is -0.429. The summed E-state index contributed by atoms with van der Waals surface area (Å²) in [5.41, 5.74) is 0.329. The van der Waals surface area contributed by atoms with Gasteiger partial charge in [0.1, 0.15) is 5.82 Å². The molecule has 1 aliphatic heterocycles. The molecule has 0 radical (unpaired) electrons. The van der Waals surface area contributed by atoms with Crippen molar-refractivity contribution in [2.45, 2.75) is 31.0 Å². The summed E-state index contributed by atoms with van der Waals surface area (Å²) in [6, 6.07) is 7.46. The number of ether oxygens (including phenoxy) is 1. The number of carbonyl (C=O) groups is 1. The standard InChI is InChI=1S/C21H21F2N3O4S2/c1-12-10-26(11-13(2)30-12)32(28,29)16-6-4-14(5-7-16)20(27)24-21-25(3)19-17(23)8-15(22)9-18(19)31-21/h4-9,12-13H,10-11H2,1-3H3. The highest BCUT2D eigenvalue weighted by Gasteiger charge is 2.32. The van der Waals surface area contributed by atoms with Crippen molar-refractivity contribution in [2.24, 2.45) is 12.0 Å². The van der Waals surface area contributed by atoms with E-state index in [0.717, 1.165) is 17.4 Å². The number of rotatable bonds is 3. The molecule has 7 nitrogen and oxygen atoms in total. The molecular weight excluding hydrogens is 460 g/mol. The number of nitrogens with zero attached hydrogens (tertiary/aromatic N) is 3. The monoisotopic (exact) mass is 481 g/mol. The van der Waals surface area contributed by atoms with E-state index in [1.807, 2.05) is 13.8 Å². The molecule has 3 aromatic rings. The third-order valence-corrected chi connectivity index (χ3v) is 8.06. The molecule has 1 saturated heterocycles. The summed E-state index contributed by atoms with van der Waals surface area (Å²) in [5.74, 6) is -2.07. The van der Waals surface area contributed by atoms with Crippen LogP contribution in [0.5, 0.6) is 0 Å². The second-order valence-electron chi connectivity index (χ2n) is 7.70. The molecule has 11 heteroatoms. The van der Waals surface area contributed by atoms with Crippen LogP contribution in [0.2, 0.25) is 0 Å². The van der Waals surface area contributed by atoms with Crippen molar-refractivity contribution in [3.8, 4) is 0 Å². The Labute approximate surface area is 187 Å². The third-order valence-electron chi connectivity index (χ3n) is 5.14. The normalized spacial score (nSPS) is 20.7. The molecule has 1 aliphatic rings. The second-order valence-corrected chi connectivity index (χ2v) is 10.6. The molecule has 170 valence electrons. The van der Waals surface area contributed by atoms with Crippen LogP contribution in [0.1, 0.15) is 24.2 Å². The third kappa shape index (κ3) is 4.25. The molecule has 1 fully saturated rings. The van der Waals surface area contributed by atoms with Gasteiger partial charge in [-0.15, -0.1) is 0 Å². The first-order valence-electron chi connectivity index (χ1n) is 9.85. The van der Waals surface area contributed by atoms with E-state index in [1.54, 1.807) is 0 Å². The van der Waals surface area contributed by atoms with Crippen LogP contribution < -0.4 is 4.80 Å². The molecule has 2 atom stereocenters. The minimum absolute atomic E-state index is 0.0697. The Kier molecular flexibility index (Phi) is 6.01. The maximum Gasteiger partial charge on any atom is 0.279 e. The van der Waals surface area contributed by atoms with Crippen LogP contribution in [0.15, 0.2) is 46.3 Å². The number of morpholine rings is 1. The predicted molar refractivity (Wildman–Crippen MR) is 116 cm³/mol. The summed E-state index contributed by atoms with van der Waals surface area (Å²) >= 11 is 0.983. The summed E-state index contributed by atoms with van der Waals surface area (Å²) < 4.78 is 62.1. The van der Waals surface area contributed by atoms with Crippen molar-refractivity contribution < 1.29 is 26.7 Å². The lowest BCUT2D eigenvalue weighted by molar-refractivity contribution is -0.0440. The van der Waals surface area contributed by atoms with Gasteiger partial charge in [-0.1, -0.05) is 11.3 Å². The van der Waals surface area contributed by atoms with E-state index < -0.39 is 27.6 Å². The average molecular weight is 482 g/mol. The second kappa shape index (κ2) is 8.47. The van der Waals surface area contributed by atoms with Crippen LogP contribution in [0.3, 0.4) is 0 Å². The van der Waals surface area contributed by atoms with Gasteiger partial charge in [0.25, 0.3) is 5.91 Å². The van der Waals surface area contributed by atoms with Gasteiger partial charge in [0, 0.05) is 31.8 Å². The van der Waals surface area contributed by atoms with Crippen molar-refractivity contribution >= 4 is 37.5 Å². The van der Waals surface area contributed by atoms with Crippen LogP contribution in [-0.4, -0.2) is 48.5 Å². The maximum absolute atomic E-state index is 14.1. The first kappa shape index (κ1) is 22.7. The smallest absolute Gasteiger partial charge is 0.279 e. The van der Waals surface area contributed by atoms with Crippen molar-refractivity contribution in [3.05, 3.63) is 58.4 Å². The van der Waals surface area contributed by atoms with Gasteiger partial charge in [-0.05, 0) is 44.2 Å². The van der Waals surface area contributed by atoms with E-state index in [0.29, 0.717) is 4.70 Å². The van der Waals surface area contributed by atoms with E-state index in [4.69, 9.17) is 4.74 Å². The minimum atomic E-state index is -3.73. The Morgan fingerprint density at radius 2 is 1.75 bits per heavy atom. The van der Waals surface area contributed by atoms with Gasteiger partial charge in [-0.3, -0.25) is 4.79 Å². The number of carbonyl (C=O) groups excluding carboxylic acids is 1. The van der Waals surface area contributed by atoms with Crippen LogP contribution in [0, 0.1) is 11.6 Å². The molecule has 32 heavy (non-hydrogen) atoms. The summed E-state index contributed by atoms with van der Waals surface area (Å²) in [5, 5.41) is 0. The fourth-order valence-corrected chi connectivity index (χ4v) is 6.35. The largest absolute Gasteiger partial charge is 0.373 e. The van der Waals surface area contributed by atoms with Crippen LogP contribution in [0.4, 0.5) is 8.78 Å². The number of amides is 1. The van der Waals surface area contributed by atoms with Crippen molar-refractivity contribution in [3.63, 3.8) is 0 Å². The van der Waals surface area contributed by atoms with E-state index in [1.165, 1.54) is 46.3 Å². The zero-order valence-corrected chi connectivity index (χ0v) is 19.2. The average Bonchev–Trinajstić information content (AvgIpc) is 3.02. The zero-order valence-electron chi connectivity index (χ0n) is 17.6. The lowest BCUT2D eigenvalue weighted by atomic mass is 10.2. The number of fused-ring (bicyclic) bond motifs is 1. The number of thiazole rings is 1. The number of hydrogen-bond donors (Lipinski definition) is 0. The van der Waals surface area contributed by atoms with Crippen LogP contribution in [0.25, 0.3) is 10.2 Å². The zero-order chi connectivity index (χ0) is 23.2. The lowest BCUT2D eigenvalue weighted by Gasteiger charge is -2.34. The molecule has 0 spiro atoms. The van der Waals surface area contributed by atoms with Gasteiger partial charge in [-0.2, -0.15) is 9.30 Å². The van der Waals surface area contributed by atoms with Gasteiger partial charge in [-0.25, -0.2) is 17.2 Å². The Morgan fingerprint density at radius 1 is 1.12 bits per heavy atom. The first-order valence-corrected chi connectivity index (χ1v) is 12.1. The van der Waals surface area contributed by atoms with Gasteiger partial charge >= 0.3 is 0 Å². The van der Waals surface area contributed by atoms with E-state index in [2.05, 4.69) is 4.99 Å². The SMILES string of the molecule is CC1CN(S(=O)(=O)c2ccc(C(=O)N=c3sc4cc(F)cc(F)c4n3C)cc2)CC(C)O1. The Hall–Kier alpha value is -2.47. The van der Waals surface area contributed by atoms with Gasteiger partial charge < -0.3 is 9.30 Å².